The Labute approximate surface area is 131 Å². The van der Waals surface area contributed by atoms with Crippen molar-refractivity contribution in [2.24, 2.45) is 5.92 Å². The maximum Gasteiger partial charge on any atom is 0.348 e. The first-order chi connectivity index (χ1) is 10.2. The molecule has 0 aliphatic carbocycles. The molecule has 0 spiro atoms. The number of carbonyl (C=O) groups is 2. The zero-order valence-electron chi connectivity index (χ0n) is 13.5. The van der Waals surface area contributed by atoms with E-state index >= 15 is 0 Å². The Kier molecular flexibility index (Phi) is 12.0. The second kappa shape index (κ2) is 12.2. The van der Waals surface area contributed by atoms with Crippen LogP contribution in [0.25, 0.3) is 0 Å². The molecule has 0 aromatic carbocycles. The monoisotopic (exact) mass is 306 g/mol. The number of carboxylic acids is 1. The lowest BCUT2D eigenvalue weighted by atomic mass is 10.1. The van der Waals surface area contributed by atoms with Gasteiger partial charge in [-0.2, -0.15) is 10.5 Å². The van der Waals surface area contributed by atoms with Gasteiger partial charge >= 0.3 is 11.9 Å². The smallest absolute Gasteiger partial charge is 0.348 e. The summed E-state index contributed by atoms with van der Waals surface area (Å²) in [4.78, 5) is 21.2. The van der Waals surface area contributed by atoms with Gasteiger partial charge in [0.2, 0.25) is 0 Å². The molecule has 1 N–H and O–H groups in total. The summed E-state index contributed by atoms with van der Waals surface area (Å²) in [5.41, 5.74) is 0.389. The average Bonchev–Trinajstić information content (AvgIpc) is 2.48. The standard InChI is InChI=1S/2C8H11NO2/c1-6(2)5-11-8(10)7(3)4-9;1-3-4-7(8(10)11)6(2)5-9/h6H,3,5H2,1-2H3;3-4H2,1-2H3,(H,10,11). The zero-order chi connectivity index (χ0) is 17.7. The second-order valence-corrected chi connectivity index (χ2v) is 4.85. The quantitative estimate of drug-likeness (QED) is 0.458. The highest BCUT2D eigenvalue weighted by Crippen LogP contribution is 2.10. The number of nitrogens with zero attached hydrogens (tertiary/aromatic N) is 2. The van der Waals surface area contributed by atoms with Gasteiger partial charge in [-0.15, -0.1) is 0 Å². The molecule has 0 rings (SSSR count). The molecule has 6 heteroatoms. The van der Waals surface area contributed by atoms with E-state index in [9.17, 15) is 9.59 Å². The van der Waals surface area contributed by atoms with Crippen molar-refractivity contribution in [3.8, 4) is 12.1 Å². The largest absolute Gasteiger partial charge is 0.478 e. The molecule has 0 atom stereocenters. The molecule has 0 heterocycles. The fraction of sp³-hybridized carbons (Fsp3) is 0.500. The van der Waals surface area contributed by atoms with Crippen molar-refractivity contribution in [1.82, 2.24) is 0 Å². The topological polar surface area (TPSA) is 111 Å². The predicted octanol–water partition coefficient (Wildman–Crippen LogP) is 2.98. The average molecular weight is 306 g/mol. The van der Waals surface area contributed by atoms with Crippen molar-refractivity contribution in [3.05, 3.63) is 23.3 Å². The number of esters is 1. The number of rotatable bonds is 6. The first-order valence-electron chi connectivity index (χ1n) is 6.80. The Morgan fingerprint density at radius 1 is 1.27 bits per heavy atom. The van der Waals surface area contributed by atoms with Gasteiger partial charge in [0.25, 0.3) is 0 Å². The first kappa shape index (κ1) is 21.7. The second-order valence-electron chi connectivity index (χ2n) is 4.85. The summed E-state index contributed by atoms with van der Waals surface area (Å²) in [7, 11) is 0. The highest BCUT2D eigenvalue weighted by atomic mass is 16.5. The first-order valence-corrected chi connectivity index (χ1v) is 6.80. The molecular formula is C16H22N2O4. The molecule has 0 saturated heterocycles. The molecule has 0 fully saturated rings. The Balaban J connectivity index is 0. The van der Waals surface area contributed by atoms with Crippen molar-refractivity contribution in [1.29, 1.82) is 10.5 Å². The number of hydrogen-bond donors (Lipinski definition) is 1. The Bertz CT molecular complexity index is 519. The molecule has 6 nitrogen and oxygen atoms in total. The van der Waals surface area contributed by atoms with E-state index in [0.29, 0.717) is 18.6 Å². The molecule has 0 bridgehead atoms. The number of carboxylic acid groups (broad SMARTS) is 1. The normalized spacial score (nSPS) is 10.3. The molecule has 22 heavy (non-hydrogen) atoms. The minimum absolute atomic E-state index is 0.148. The molecule has 0 aliphatic heterocycles. The van der Waals surface area contributed by atoms with E-state index in [4.69, 9.17) is 20.4 Å². The predicted molar refractivity (Wildman–Crippen MR) is 81.4 cm³/mol. The number of carbonyl (C=O) groups excluding carboxylic acids is 1. The maximum atomic E-state index is 10.7. The highest BCUT2D eigenvalue weighted by Gasteiger charge is 2.09. The minimum Gasteiger partial charge on any atom is -0.478 e. The lowest BCUT2D eigenvalue weighted by Gasteiger charge is -2.04. The van der Waals surface area contributed by atoms with Crippen LogP contribution in [0.1, 0.15) is 40.5 Å². The number of allylic oxidation sites excluding steroid dienone is 1. The lowest BCUT2D eigenvalue weighted by molar-refractivity contribution is -0.139. The molecule has 120 valence electrons. The third kappa shape index (κ3) is 10.2. The molecule has 0 amide bonds. The third-order valence-corrected chi connectivity index (χ3v) is 2.31. The van der Waals surface area contributed by atoms with Crippen molar-refractivity contribution >= 4 is 11.9 Å². The summed E-state index contributed by atoms with van der Waals surface area (Å²) in [6.45, 7) is 10.8. The van der Waals surface area contributed by atoms with Crippen LogP contribution in [-0.2, 0) is 14.3 Å². The summed E-state index contributed by atoms with van der Waals surface area (Å²) in [5.74, 6) is -1.32. The lowest BCUT2D eigenvalue weighted by Crippen LogP contribution is -2.10. The van der Waals surface area contributed by atoms with Crippen LogP contribution in [0.2, 0.25) is 0 Å². The van der Waals surface area contributed by atoms with E-state index in [1.807, 2.05) is 26.8 Å². The Morgan fingerprint density at radius 3 is 2.14 bits per heavy atom. The number of nitriles is 2. The summed E-state index contributed by atoms with van der Waals surface area (Å²) in [6, 6.07) is 3.45. The van der Waals surface area contributed by atoms with E-state index in [1.54, 1.807) is 6.07 Å². The van der Waals surface area contributed by atoms with E-state index in [0.717, 1.165) is 6.42 Å². The van der Waals surface area contributed by atoms with Gasteiger partial charge in [-0.1, -0.05) is 33.8 Å². The number of hydrogen-bond acceptors (Lipinski definition) is 5. The molecule has 0 aliphatic rings. The fourth-order valence-electron chi connectivity index (χ4n) is 1.15. The summed E-state index contributed by atoms with van der Waals surface area (Å²) < 4.78 is 4.70. The molecular weight excluding hydrogens is 284 g/mol. The van der Waals surface area contributed by atoms with Crippen LogP contribution < -0.4 is 0 Å². The molecule has 0 aromatic heterocycles. The third-order valence-electron chi connectivity index (χ3n) is 2.31. The zero-order valence-corrected chi connectivity index (χ0v) is 13.5. The van der Waals surface area contributed by atoms with Gasteiger partial charge in [0.1, 0.15) is 11.6 Å². The molecule has 0 radical (unpaired) electrons. The van der Waals surface area contributed by atoms with Crippen LogP contribution in [0.3, 0.4) is 0 Å². The van der Waals surface area contributed by atoms with Crippen LogP contribution >= 0.6 is 0 Å². The van der Waals surface area contributed by atoms with Crippen molar-refractivity contribution in [2.45, 2.75) is 40.5 Å². The Morgan fingerprint density at radius 2 is 1.82 bits per heavy atom. The van der Waals surface area contributed by atoms with Gasteiger partial charge in [-0.3, -0.25) is 0 Å². The van der Waals surface area contributed by atoms with Gasteiger partial charge in [-0.05, 0) is 19.3 Å². The van der Waals surface area contributed by atoms with Gasteiger partial charge in [0, 0.05) is 5.57 Å². The number of aliphatic carboxylic acids is 1. The van der Waals surface area contributed by atoms with Gasteiger partial charge in [0.15, 0.2) is 0 Å². The summed E-state index contributed by atoms with van der Waals surface area (Å²) >= 11 is 0. The van der Waals surface area contributed by atoms with Crippen LogP contribution in [-0.4, -0.2) is 23.7 Å². The highest BCUT2D eigenvalue weighted by molar-refractivity contribution is 5.91. The van der Waals surface area contributed by atoms with E-state index in [-0.39, 0.29) is 17.1 Å². The summed E-state index contributed by atoms with van der Waals surface area (Å²) in [6.07, 6.45) is 1.22. The SMILES string of the molecule is C=C(C#N)C(=O)OCC(C)C.CCCC(C(=O)O)=C(C)C#N. The van der Waals surface area contributed by atoms with E-state index in [2.05, 4.69) is 6.58 Å². The van der Waals surface area contributed by atoms with Gasteiger partial charge < -0.3 is 9.84 Å². The van der Waals surface area contributed by atoms with Gasteiger partial charge in [0.05, 0.1) is 18.2 Å². The van der Waals surface area contributed by atoms with E-state index < -0.39 is 11.9 Å². The van der Waals surface area contributed by atoms with Crippen LogP contribution in [0.5, 0.6) is 0 Å². The van der Waals surface area contributed by atoms with Crippen molar-refractivity contribution < 1.29 is 19.4 Å². The minimum atomic E-state index is -0.981. The van der Waals surface area contributed by atoms with Crippen LogP contribution in [0, 0.1) is 28.6 Å². The molecule has 0 saturated carbocycles. The van der Waals surface area contributed by atoms with E-state index in [1.165, 1.54) is 6.92 Å². The van der Waals surface area contributed by atoms with Crippen molar-refractivity contribution in [2.75, 3.05) is 6.61 Å². The van der Waals surface area contributed by atoms with Crippen LogP contribution in [0.4, 0.5) is 0 Å². The van der Waals surface area contributed by atoms with Crippen molar-refractivity contribution in [3.63, 3.8) is 0 Å². The Hall–Kier alpha value is -2.60. The fourth-order valence-corrected chi connectivity index (χ4v) is 1.15. The number of ether oxygens (including phenoxy) is 1. The summed E-state index contributed by atoms with van der Waals surface area (Å²) in [5, 5.41) is 25.2. The molecule has 0 aromatic rings. The van der Waals surface area contributed by atoms with Crippen LogP contribution in [0.15, 0.2) is 23.3 Å². The van der Waals surface area contributed by atoms with Gasteiger partial charge in [-0.25, -0.2) is 9.59 Å². The molecule has 0 unspecified atom stereocenters. The maximum absolute atomic E-state index is 10.7.